The smallest absolute Gasteiger partial charge is 0.475 e. The van der Waals surface area contributed by atoms with Crippen LogP contribution in [0.1, 0.15) is 5.56 Å². The highest BCUT2D eigenvalue weighted by atomic mass is 19.4. The minimum absolute atomic E-state index is 0.0762. The molecule has 1 fully saturated rings. The van der Waals surface area contributed by atoms with Crippen LogP contribution in [0.4, 0.5) is 18.9 Å². The van der Waals surface area contributed by atoms with E-state index in [1.54, 1.807) is 6.07 Å². The molecule has 124 valence electrons. The van der Waals surface area contributed by atoms with Crippen LogP contribution in [-0.2, 0) is 9.59 Å². The molecule has 1 aliphatic heterocycles. The molecule has 2 N–H and O–H groups in total. The highest BCUT2D eigenvalue weighted by Crippen LogP contribution is 2.16. The van der Waals surface area contributed by atoms with E-state index in [-0.39, 0.29) is 11.8 Å². The zero-order valence-corrected chi connectivity index (χ0v) is 12.2. The summed E-state index contributed by atoms with van der Waals surface area (Å²) in [6, 6.07) is 7.34. The van der Waals surface area contributed by atoms with Crippen molar-refractivity contribution in [1.29, 1.82) is 0 Å². The second-order valence-electron chi connectivity index (χ2n) is 4.94. The Hall–Kier alpha value is -2.53. The molecule has 1 amide bonds. The van der Waals surface area contributed by atoms with Gasteiger partial charge in [-0.25, -0.2) is 4.79 Å². The standard InChI is InChI=1S/C13H14N2O.C2HF3O2/c1-3-10-5-4-6-12(7-10)14-13(16)11-8-15(2)9-11;3-2(4,5)1(6)7/h1,4-7,11H,8-9H2,2H3,(H,14,16);(H,6,7). The summed E-state index contributed by atoms with van der Waals surface area (Å²) in [6.45, 7) is 1.67. The van der Waals surface area contributed by atoms with Gasteiger partial charge in [0.05, 0.1) is 5.92 Å². The van der Waals surface area contributed by atoms with Gasteiger partial charge >= 0.3 is 12.1 Å². The van der Waals surface area contributed by atoms with Crippen LogP contribution in [-0.4, -0.2) is 48.2 Å². The molecular formula is C15H15F3N2O3. The Labute approximate surface area is 131 Å². The first-order valence-corrected chi connectivity index (χ1v) is 6.49. The summed E-state index contributed by atoms with van der Waals surface area (Å²) < 4.78 is 31.7. The van der Waals surface area contributed by atoms with E-state index in [1.807, 2.05) is 25.2 Å². The van der Waals surface area contributed by atoms with Gasteiger partial charge in [0.2, 0.25) is 5.91 Å². The number of benzene rings is 1. The zero-order valence-electron chi connectivity index (χ0n) is 12.2. The van der Waals surface area contributed by atoms with Crippen molar-refractivity contribution in [3.05, 3.63) is 29.8 Å². The molecule has 0 bridgehead atoms. The third kappa shape index (κ3) is 6.00. The lowest BCUT2D eigenvalue weighted by Gasteiger charge is -2.34. The molecule has 5 nitrogen and oxygen atoms in total. The minimum atomic E-state index is -5.08. The maximum absolute atomic E-state index is 11.8. The molecule has 8 heteroatoms. The summed E-state index contributed by atoms with van der Waals surface area (Å²) in [5.74, 6) is -0.0248. The molecule has 0 aromatic heterocycles. The lowest BCUT2D eigenvalue weighted by Crippen LogP contribution is -2.49. The number of aliphatic carboxylic acids is 1. The molecular weight excluding hydrogens is 313 g/mol. The fourth-order valence-electron chi connectivity index (χ4n) is 1.80. The van der Waals surface area contributed by atoms with E-state index in [0.717, 1.165) is 24.3 Å². The lowest BCUT2D eigenvalue weighted by molar-refractivity contribution is -0.192. The lowest BCUT2D eigenvalue weighted by atomic mass is 10.0. The molecule has 1 aliphatic rings. The van der Waals surface area contributed by atoms with Crippen LogP contribution in [0.3, 0.4) is 0 Å². The number of alkyl halides is 3. The number of terminal acetylenes is 1. The van der Waals surface area contributed by atoms with Gasteiger partial charge in [-0.2, -0.15) is 13.2 Å². The van der Waals surface area contributed by atoms with Crippen LogP contribution in [0.15, 0.2) is 24.3 Å². The van der Waals surface area contributed by atoms with Crippen molar-refractivity contribution in [2.24, 2.45) is 5.92 Å². The normalized spacial score (nSPS) is 14.7. The van der Waals surface area contributed by atoms with Crippen LogP contribution >= 0.6 is 0 Å². The van der Waals surface area contributed by atoms with E-state index in [1.165, 1.54) is 0 Å². The summed E-state index contributed by atoms with van der Waals surface area (Å²) >= 11 is 0. The number of halogens is 3. The number of nitrogens with zero attached hydrogens (tertiary/aromatic N) is 1. The van der Waals surface area contributed by atoms with Crippen molar-refractivity contribution >= 4 is 17.6 Å². The Bertz CT molecular complexity index is 617. The highest BCUT2D eigenvalue weighted by molar-refractivity contribution is 5.93. The number of likely N-dealkylation sites (tertiary alicyclic amines) is 1. The van der Waals surface area contributed by atoms with Crippen molar-refractivity contribution in [2.45, 2.75) is 6.18 Å². The first kappa shape index (κ1) is 18.5. The summed E-state index contributed by atoms with van der Waals surface area (Å²) in [5, 5.41) is 10.0. The van der Waals surface area contributed by atoms with E-state index < -0.39 is 12.1 Å². The van der Waals surface area contributed by atoms with Gasteiger partial charge in [0.25, 0.3) is 0 Å². The summed E-state index contributed by atoms with van der Waals surface area (Å²) in [6.07, 6.45) is 0.212. The number of carbonyl (C=O) groups is 2. The first-order valence-electron chi connectivity index (χ1n) is 6.49. The zero-order chi connectivity index (χ0) is 17.6. The summed E-state index contributed by atoms with van der Waals surface area (Å²) in [7, 11) is 2.00. The molecule has 1 aromatic rings. The summed E-state index contributed by atoms with van der Waals surface area (Å²) in [4.78, 5) is 22.8. The topological polar surface area (TPSA) is 69.6 Å². The number of rotatable bonds is 2. The Morgan fingerprint density at radius 3 is 2.39 bits per heavy atom. The molecule has 0 saturated carbocycles. The third-order valence-corrected chi connectivity index (χ3v) is 2.97. The van der Waals surface area contributed by atoms with Crippen LogP contribution < -0.4 is 5.32 Å². The third-order valence-electron chi connectivity index (χ3n) is 2.97. The van der Waals surface area contributed by atoms with Gasteiger partial charge in [-0.15, -0.1) is 6.42 Å². The number of hydrogen-bond donors (Lipinski definition) is 2. The van der Waals surface area contributed by atoms with Crippen LogP contribution in [0.25, 0.3) is 0 Å². The number of carbonyl (C=O) groups excluding carboxylic acids is 1. The van der Waals surface area contributed by atoms with E-state index >= 15 is 0 Å². The van der Waals surface area contributed by atoms with Gasteiger partial charge in [-0.1, -0.05) is 12.0 Å². The molecule has 0 aliphatic carbocycles. The van der Waals surface area contributed by atoms with E-state index in [9.17, 15) is 18.0 Å². The maximum atomic E-state index is 11.8. The van der Waals surface area contributed by atoms with E-state index in [2.05, 4.69) is 16.1 Å². The van der Waals surface area contributed by atoms with Crippen LogP contribution in [0.2, 0.25) is 0 Å². The van der Waals surface area contributed by atoms with E-state index in [0.29, 0.717) is 0 Å². The number of carboxylic acid groups (broad SMARTS) is 1. The average Bonchev–Trinajstić information content (AvgIpc) is 2.43. The van der Waals surface area contributed by atoms with Crippen molar-refractivity contribution in [2.75, 3.05) is 25.5 Å². The number of nitrogens with one attached hydrogen (secondary N) is 1. The van der Waals surface area contributed by atoms with Gasteiger partial charge in [-0.3, -0.25) is 4.79 Å². The van der Waals surface area contributed by atoms with Gasteiger partial charge in [0, 0.05) is 24.3 Å². The predicted molar refractivity (Wildman–Crippen MR) is 77.7 cm³/mol. The highest BCUT2D eigenvalue weighted by Gasteiger charge is 2.38. The van der Waals surface area contributed by atoms with Crippen LogP contribution in [0.5, 0.6) is 0 Å². The molecule has 0 unspecified atom stereocenters. The summed E-state index contributed by atoms with van der Waals surface area (Å²) in [5.41, 5.74) is 1.55. The first-order chi connectivity index (χ1) is 10.6. The molecule has 2 rings (SSSR count). The molecule has 0 radical (unpaired) electrons. The second-order valence-corrected chi connectivity index (χ2v) is 4.94. The minimum Gasteiger partial charge on any atom is -0.475 e. The SMILES string of the molecule is C#Cc1cccc(NC(=O)C2CN(C)C2)c1.O=C(O)C(F)(F)F. The van der Waals surface area contributed by atoms with Gasteiger partial charge < -0.3 is 15.3 Å². The predicted octanol–water partition coefficient (Wildman–Crippen LogP) is 1.80. The van der Waals surface area contributed by atoms with Crippen molar-refractivity contribution < 1.29 is 27.9 Å². The Morgan fingerprint density at radius 1 is 1.39 bits per heavy atom. The maximum Gasteiger partial charge on any atom is 0.490 e. The number of anilines is 1. The molecule has 1 aromatic carbocycles. The fourth-order valence-corrected chi connectivity index (χ4v) is 1.80. The van der Waals surface area contributed by atoms with Crippen molar-refractivity contribution in [3.8, 4) is 12.3 Å². The largest absolute Gasteiger partial charge is 0.490 e. The fraction of sp³-hybridized carbons (Fsp3) is 0.333. The monoisotopic (exact) mass is 328 g/mol. The molecule has 23 heavy (non-hydrogen) atoms. The number of hydrogen-bond acceptors (Lipinski definition) is 3. The Kier molecular flexibility index (Phi) is 6.16. The molecule has 1 heterocycles. The van der Waals surface area contributed by atoms with Gasteiger partial charge in [0.1, 0.15) is 0 Å². The quantitative estimate of drug-likeness (QED) is 0.812. The molecule has 1 saturated heterocycles. The number of amides is 1. The molecule has 0 atom stereocenters. The number of carboxylic acids is 1. The Balaban J connectivity index is 0.000000322. The average molecular weight is 328 g/mol. The van der Waals surface area contributed by atoms with Crippen LogP contribution in [0, 0.1) is 18.3 Å². The van der Waals surface area contributed by atoms with Gasteiger partial charge in [-0.05, 0) is 25.2 Å². The second kappa shape index (κ2) is 7.65. The van der Waals surface area contributed by atoms with Crippen molar-refractivity contribution in [3.63, 3.8) is 0 Å². The van der Waals surface area contributed by atoms with Crippen molar-refractivity contribution in [1.82, 2.24) is 4.90 Å². The van der Waals surface area contributed by atoms with Gasteiger partial charge in [0.15, 0.2) is 0 Å². The molecule has 0 spiro atoms. The van der Waals surface area contributed by atoms with E-state index in [4.69, 9.17) is 16.3 Å². The Morgan fingerprint density at radius 2 is 1.96 bits per heavy atom.